The van der Waals surface area contributed by atoms with Gasteiger partial charge >= 0.3 is 0 Å². The van der Waals surface area contributed by atoms with Crippen molar-refractivity contribution in [1.29, 1.82) is 0 Å². The van der Waals surface area contributed by atoms with Crippen LogP contribution in [0.1, 0.15) is 33.6 Å². The smallest absolute Gasteiger partial charge is 0.268 e. The van der Waals surface area contributed by atoms with Crippen molar-refractivity contribution in [1.82, 2.24) is 9.78 Å². The third-order valence-electron chi connectivity index (χ3n) is 3.37. The molecule has 0 aliphatic rings. The Bertz CT molecular complexity index is 429. The average Bonchev–Trinajstić information content (AvgIpc) is 2.42. The molecule has 0 aliphatic heterocycles. The minimum absolute atomic E-state index is 0.0210. The van der Waals surface area contributed by atoms with Crippen molar-refractivity contribution in [2.24, 2.45) is 5.92 Å². The van der Waals surface area contributed by atoms with Crippen LogP contribution in [0.25, 0.3) is 0 Å². The molecule has 1 aromatic heterocycles. The van der Waals surface area contributed by atoms with Crippen molar-refractivity contribution in [3.05, 3.63) is 22.6 Å². The number of hydrogen-bond acceptors (Lipinski definition) is 4. The number of nitrogens with zero attached hydrogens (tertiary/aromatic N) is 3. The van der Waals surface area contributed by atoms with Gasteiger partial charge in [-0.05, 0) is 31.9 Å². The minimum atomic E-state index is -0.0210. The van der Waals surface area contributed by atoms with Crippen LogP contribution < -0.4 is 10.5 Å². The van der Waals surface area contributed by atoms with Crippen LogP contribution in [0.3, 0.4) is 0 Å². The van der Waals surface area contributed by atoms with Gasteiger partial charge in [-0.1, -0.05) is 13.3 Å². The maximum absolute atomic E-state index is 12.1. The van der Waals surface area contributed by atoms with Gasteiger partial charge in [-0.25, -0.2) is 4.68 Å². The molecule has 0 bridgehead atoms. The lowest BCUT2D eigenvalue weighted by molar-refractivity contribution is 0.414. The summed E-state index contributed by atoms with van der Waals surface area (Å²) in [7, 11) is 0. The molecule has 1 heterocycles. The summed E-state index contributed by atoms with van der Waals surface area (Å²) < 4.78 is 1.56. The first-order valence-electron chi connectivity index (χ1n) is 7.09. The van der Waals surface area contributed by atoms with Crippen molar-refractivity contribution in [3.8, 4) is 0 Å². The van der Waals surface area contributed by atoms with E-state index in [1.165, 1.54) is 0 Å². The molecule has 1 aromatic rings. The van der Waals surface area contributed by atoms with Crippen LogP contribution in [0.4, 0.5) is 5.69 Å². The maximum atomic E-state index is 12.1. The zero-order valence-corrected chi connectivity index (χ0v) is 13.1. The second kappa shape index (κ2) is 8.25. The van der Waals surface area contributed by atoms with Gasteiger partial charge in [-0.2, -0.15) is 17.7 Å². The molecule has 0 radical (unpaired) electrons. The van der Waals surface area contributed by atoms with Crippen molar-refractivity contribution in [2.75, 3.05) is 23.7 Å². The molecule has 0 spiro atoms. The highest BCUT2D eigenvalue weighted by molar-refractivity contribution is 7.80. The van der Waals surface area contributed by atoms with Gasteiger partial charge in [0, 0.05) is 25.7 Å². The van der Waals surface area contributed by atoms with E-state index in [0.717, 1.165) is 37.4 Å². The quantitative estimate of drug-likeness (QED) is 0.745. The SMILES string of the molecule is CCCC(CS)Cn1ncc(N(CC)CC)cc1=O. The molecular weight excluding hydrogens is 258 g/mol. The summed E-state index contributed by atoms with van der Waals surface area (Å²) in [5.74, 6) is 1.21. The van der Waals surface area contributed by atoms with Gasteiger partial charge in [0.05, 0.1) is 11.9 Å². The van der Waals surface area contributed by atoms with Gasteiger partial charge in [0.25, 0.3) is 5.56 Å². The van der Waals surface area contributed by atoms with E-state index in [4.69, 9.17) is 0 Å². The van der Waals surface area contributed by atoms with E-state index in [1.807, 2.05) is 0 Å². The number of thiol groups is 1. The molecule has 0 fully saturated rings. The van der Waals surface area contributed by atoms with Gasteiger partial charge in [0.1, 0.15) is 0 Å². The standard InChI is InChI=1S/C14H25N3OS/c1-4-7-12(11-19)10-17-14(18)8-13(9-15-17)16(5-2)6-3/h8-9,12,19H,4-7,10-11H2,1-3H3. The molecule has 108 valence electrons. The second-order valence-electron chi connectivity index (χ2n) is 4.74. The van der Waals surface area contributed by atoms with Crippen molar-refractivity contribution in [2.45, 2.75) is 40.2 Å². The van der Waals surface area contributed by atoms with Crippen LogP contribution in [0.2, 0.25) is 0 Å². The molecule has 0 N–H and O–H groups in total. The number of aromatic nitrogens is 2. The zero-order valence-electron chi connectivity index (χ0n) is 12.2. The highest BCUT2D eigenvalue weighted by Crippen LogP contribution is 2.12. The topological polar surface area (TPSA) is 38.1 Å². The fraction of sp³-hybridized carbons (Fsp3) is 0.714. The van der Waals surface area contributed by atoms with Crippen molar-refractivity contribution >= 4 is 18.3 Å². The third-order valence-corrected chi connectivity index (χ3v) is 3.89. The summed E-state index contributed by atoms with van der Waals surface area (Å²) in [6, 6.07) is 1.68. The molecule has 1 atom stereocenters. The van der Waals surface area contributed by atoms with Crippen LogP contribution in [0.5, 0.6) is 0 Å². The Labute approximate surface area is 121 Å². The lowest BCUT2D eigenvalue weighted by atomic mass is 10.1. The lowest BCUT2D eigenvalue weighted by Crippen LogP contribution is -2.29. The molecular formula is C14H25N3OS. The Morgan fingerprint density at radius 2 is 2.05 bits per heavy atom. The normalized spacial score (nSPS) is 12.4. The van der Waals surface area contributed by atoms with E-state index in [1.54, 1.807) is 16.9 Å². The van der Waals surface area contributed by atoms with Crippen LogP contribution in [-0.2, 0) is 6.54 Å². The molecule has 19 heavy (non-hydrogen) atoms. The Balaban J connectivity index is 2.85. The summed E-state index contributed by atoms with van der Waals surface area (Å²) in [4.78, 5) is 14.2. The molecule has 0 saturated heterocycles. The van der Waals surface area contributed by atoms with Gasteiger partial charge in [0.2, 0.25) is 0 Å². The second-order valence-corrected chi connectivity index (χ2v) is 5.11. The summed E-state index contributed by atoms with van der Waals surface area (Å²) in [6.45, 7) is 8.73. The van der Waals surface area contributed by atoms with Gasteiger partial charge in [-0.15, -0.1) is 0 Å². The van der Waals surface area contributed by atoms with Crippen LogP contribution in [-0.4, -0.2) is 28.6 Å². The van der Waals surface area contributed by atoms with Gasteiger partial charge < -0.3 is 4.90 Å². The van der Waals surface area contributed by atoms with Crippen molar-refractivity contribution in [3.63, 3.8) is 0 Å². The molecule has 0 saturated carbocycles. The van der Waals surface area contributed by atoms with Gasteiger partial charge in [-0.3, -0.25) is 4.79 Å². The third kappa shape index (κ3) is 4.56. The largest absolute Gasteiger partial charge is 0.371 e. The average molecular weight is 283 g/mol. The van der Waals surface area contributed by atoms with Crippen LogP contribution >= 0.6 is 12.6 Å². The highest BCUT2D eigenvalue weighted by Gasteiger charge is 2.10. The fourth-order valence-corrected chi connectivity index (χ4v) is 2.51. The summed E-state index contributed by atoms with van der Waals surface area (Å²) in [5, 5.41) is 4.29. The Kier molecular flexibility index (Phi) is 6.99. The monoisotopic (exact) mass is 283 g/mol. The Morgan fingerprint density at radius 3 is 2.53 bits per heavy atom. The highest BCUT2D eigenvalue weighted by atomic mass is 32.1. The summed E-state index contributed by atoms with van der Waals surface area (Å²) in [6.07, 6.45) is 3.98. The number of hydrogen-bond donors (Lipinski definition) is 1. The van der Waals surface area contributed by atoms with Crippen molar-refractivity contribution < 1.29 is 0 Å². The molecule has 4 nitrogen and oxygen atoms in total. The van der Waals surface area contributed by atoms with E-state index >= 15 is 0 Å². The molecule has 1 unspecified atom stereocenters. The number of anilines is 1. The summed E-state index contributed by atoms with van der Waals surface area (Å²) in [5.41, 5.74) is 0.886. The first-order valence-corrected chi connectivity index (χ1v) is 7.72. The fourth-order valence-electron chi connectivity index (χ4n) is 2.22. The molecule has 0 aliphatic carbocycles. The zero-order chi connectivity index (χ0) is 14.3. The molecule has 5 heteroatoms. The predicted molar refractivity (Wildman–Crippen MR) is 84.3 cm³/mol. The van der Waals surface area contributed by atoms with E-state index in [9.17, 15) is 4.79 Å². The van der Waals surface area contributed by atoms with Gasteiger partial charge in [0.15, 0.2) is 0 Å². The number of rotatable bonds is 8. The first kappa shape index (κ1) is 16.1. The molecule has 0 aromatic carbocycles. The Morgan fingerprint density at radius 1 is 1.37 bits per heavy atom. The lowest BCUT2D eigenvalue weighted by Gasteiger charge is -2.21. The van der Waals surface area contributed by atoms with E-state index < -0.39 is 0 Å². The Hall–Kier alpha value is -0.970. The molecule has 0 amide bonds. The summed E-state index contributed by atoms with van der Waals surface area (Å²) >= 11 is 4.35. The predicted octanol–water partition coefficient (Wildman–Crippen LogP) is 2.44. The van der Waals surface area contributed by atoms with E-state index in [2.05, 4.69) is 43.4 Å². The van der Waals surface area contributed by atoms with E-state index in [0.29, 0.717) is 12.5 Å². The minimum Gasteiger partial charge on any atom is -0.371 e. The van der Waals surface area contributed by atoms with Crippen LogP contribution in [0.15, 0.2) is 17.1 Å². The first-order chi connectivity index (χ1) is 9.15. The van der Waals surface area contributed by atoms with E-state index in [-0.39, 0.29) is 5.56 Å². The molecule has 1 rings (SSSR count). The maximum Gasteiger partial charge on any atom is 0.268 e. The van der Waals surface area contributed by atoms with Crippen LogP contribution in [0, 0.1) is 5.92 Å².